The van der Waals surface area contributed by atoms with Gasteiger partial charge in [-0.1, -0.05) is 11.6 Å². The molecular formula is C11H9ClN4O4S. The number of sulfonamides is 1. The summed E-state index contributed by atoms with van der Waals surface area (Å²) >= 11 is 5.65. The predicted octanol–water partition coefficient (Wildman–Crippen LogP) is 2.15. The number of non-ortho nitro benzene ring substituents is 1. The lowest BCUT2D eigenvalue weighted by Gasteiger charge is -2.09. The molecule has 1 aromatic heterocycles. The Kier molecular flexibility index (Phi) is 4.05. The van der Waals surface area contributed by atoms with Crippen molar-refractivity contribution in [2.45, 2.75) is 11.8 Å². The summed E-state index contributed by atoms with van der Waals surface area (Å²) in [5.74, 6) is 0.00718. The van der Waals surface area contributed by atoms with Crippen LogP contribution >= 0.6 is 11.6 Å². The highest BCUT2D eigenvalue weighted by atomic mass is 35.5. The van der Waals surface area contributed by atoms with Crippen LogP contribution in [-0.4, -0.2) is 23.3 Å². The van der Waals surface area contributed by atoms with Gasteiger partial charge in [0, 0.05) is 18.2 Å². The molecule has 0 radical (unpaired) electrons. The van der Waals surface area contributed by atoms with Gasteiger partial charge in [0.2, 0.25) is 0 Å². The third kappa shape index (κ3) is 3.44. The zero-order valence-electron chi connectivity index (χ0n) is 10.6. The van der Waals surface area contributed by atoms with E-state index in [-0.39, 0.29) is 27.1 Å². The summed E-state index contributed by atoms with van der Waals surface area (Å²) in [5, 5.41) is 10.7. The van der Waals surface area contributed by atoms with E-state index in [0.29, 0.717) is 0 Å². The number of anilines is 1. The van der Waals surface area contributed by atoms with Gasteiger partial charge in [0.05, 0.1) is 9.82 Å². The van der Waals surface area contributed by atoms with Gasteiger partial charge in [-0.25, -0.2) is 18.4 Å². The second-order valence-electron chi connectivity index (χ2n) is 4.04. The molecule has 0 aliphatic rings. The maximum absolute atomic E-state index is 12.2. The topological polar surface area (TPSA) is 115 Å². The lowest BCUT2D eigenvalue weighted by molar-refractivity contribution is -0.385. The van der Waals surface area contributed by atoms with E-state index >= 15 is 0 Å². The molecule has 10 heteroatoms. The Morgan fingerprint density at radius 1 is 1.29 bits per heavy atom. The predicted molar refractivity (Wildman–Crippen MR) is 75.7 cm³/mol. The fraction of sp³-hybridized carbons (Fsp3) is 0.0909. The number of halogens is 1. The molecule has 0 amide bonds. The molecule has 0 bridgehead atoms. The van der Waals surface area contributed by atoms with Gasteiger partial charge >= 0.3 is 0 Å². The summed E-state index contributed by atoms with van der Waals surface area (Å²) in [6.07, 6.45) is 1.11. The van der Waals surface area contributed by atoms with E-state index in [1.54, 1.807) is 0 Å². The van der Waals surface area contributed by atoms with Crippen LogP contribution in [-0.2, 0) is 10.0 Å². The smallest absolute Gasteiger partial charge is 0.263 e. The Morgan fingerprint density at radius 3 is 2.57 bits per heavy atom. The number of nitrogens with one attached hydrogen (secondary N) is 1. The lowest BCUT2D eigenvalue weighted by atomic mass is 10.2. The molecule has 0 saturated carbocycles. The van der Waals surface area contributed by atoms with Gasteiger partial charge in [-0.05, 0) is 18.6 Å². The molecule has 1 heterocycles. The monoisotopic (exact) mass is 328 g/mol. The van der Waals surface area contributed by atoms with Crippen LogP contribution in [0.1, 0.15) is 5.56 Å². The first-order valence-corrected chi connectivity index (χ1v) is 7.41. The fourth-order valence-electron chi connectivity index (χ4n) is 1.63. The zero-order valence-corrected chi connectivity index (χ0v) is 12.2. The Morgan fingerprint density at radius 2 is 2.00 bits per heavy atom. The van der Waals surface area contributed by atoms with E-state index in [9.17, 15) is 18.5 Å². The van der Waals surface area contributed by atoms with Crippen LogP contribution in [0.3, 0.4) is 0 Å². The minimum atomic E-state index is -3.92. The number of rotatable bonds is 4. The first-order valence-electron chi connectivity index (χ1n) is 5.55. The summed E-state index contributed by atoms with van der Waals surface area (Å²) in [6.45, 7) is 1.47. The van der Waals surface area contributed by atoms with Gasteiger partial charge in [0.25, 0.3) is 15.7 Å². The fourth-order valence-corrected chi connectivity index (χ4v) is 3.00. The molecule has 110 valence electrons. The summed E-state index contributed by atoms with van der Waals surface area (Å²) in [5.41, 5.74) is 0.0633. The number of aromatic nitrogens is 2. The highest BCUT2D eigenvalue weighted by molar-refractivity contribution is 7.92. The molecule has 0 atom stereocenters. The highest BCUT2D eigenvalue weighted by Gasteiger charge is 2.20. The average molecular weight is 329 g/mol. The largest absolute Gasteiger partial charge is 0.269 e. The lowest BCUT2D eigenvalue weighted by Crippen LogP contribution is -2.15. The summed E-state index contributed by atoms with van der Waals surface area (Å²) in [7, 11) is -3.92. The van der Waals surface area contributed by atoms with Crippen molar-refractivity contribution in [2.24, 2.45) is 0 Å². The van der Waals surface area contributed by atoms with Gasteiger partial charge in [0.1, 0.15) is 17.3 Å². The summed E-state index contributed by atoms with van der Waals surface area (Å²) in [6, 6.07) is 4.72. The molecule has 0 fully saturated rings. The molecule has 0 spiro atoms. The van der Waals surface area contributed by atoms with E-state index < -0.39 is 14.9 Å². The zero-order chi connectivity index (χ0) is 15.6. The van der Waals surface area contributed by atoms with Crippen molar-refractivity contribution in [1.29, 1.82) is 0 Å². The van der Waals surface area contributed by atoms with Crippen LogP contribution in [0.15, 0.2) is 35.5 Å². The molecular weight excluding hydrogens is 320 g/mol. The van der Waals surface area contributed by atoms with Gasteiger partial charge < -0.3 is 0 Å². The number of hydrogen-bond acceptors (Lipinski definition) is 6. The van der Waals surface area contributed by atoms with Gasteiger partial charge in [0.15, 0.2) is 0 Å². The Labute approximate surface area is 125 Å². The third-order valence-corrected chi connectivity index (χ3v) is 4.25. The van der Waals surface area contributed by atoms with Crippen LogP contribution in [0.5, 0.6) is 0 Å². The van der Waals surface area contributed by atoms with Crippen molar-refractivity contribution in [3.05, 3.63) is 51.4 Å². The minimum absolute atomic E-state index is 0.00718. The average Bonchev–Trinajstić information content (AvgIpc) is 2.37. The molecule has 2 rings (SSSR count). The van der Waals surface area contributed by atoms with Crippen LogP contribution < -0.4 is 4.72 Å². The molecule has 1 N–H and O–H groups in total. The quantitative estimate of drug-likeness (QED) is 0.522. The maximum Gasteiger partial charge on any atom is 0.269 e. The number of benzene rings is 1. The van der Waals surface area contributed by atoms with Gasteiger partial charge in [-0.15, -0.1) is 0 Å². The normalized spacial score (nSPS) is 11.1. The number of nitro groups is 1. The molecule has 0 unspecified atom stereocenters. The van der Waals surface area contributed by atoms with E-state index in [4.69, 9.17) is 11.6 Å². The van der Waals surface area contributed by atoms with Crippen molar-refractivity contribution in [3.8, 4) is 0 Å². The first kappa shape index (κ1) is 15.1. The summed E-state index contributed by atoms with van der Waals surface area (Å²) in [4.78, 5) is 17.3. The third-order valence-electron chi connectivity index (χ3n) is 2.53. The second kappa shape index (κ2) is 5.62. The van der Waals surface area contributed by atoms with Gasteiger partial charge in [-0.2, -0.15) is 0 Å². The SMILES string of the molecule is Cc1cc([N+](=O)[O-])ccc1S(=O)(=O)Nc1cc(Cl)ncn1. The van der Waals surface area contributed by atoms with Crippen molar-refractivity contribution in [1.82, 2.24) is 9.97 Å². The number of nitro benzene ring substituents is 1. The van der Waals surface area contributed by atoms with Crippen molar-refractivity contribution >= 4 is 33.1 Å². The molecule has 1 aromatic carbocycles. The van der Waals surface area contributed by atoms with E-state index in [0.717, 1.165) is 12.4 Å². The van der Waals surface area contributed by atoms with Crippen molar-refractivity contribution < 1.29 is 13.3 Å². The minimum Gasteiger partial charge on any atom is -0.263 e. The van der Waals surface area contributed by atoms with Crippen LogP contribution in [0.25, 0.3) is 0 Å². The molecule has 2 aromatic rings. The summed E-state index contributed by atoms with van der Waals surface area (Å²) < 4.78 is 26.7. The first-order chi connectivity index (χ1) is 9.79. The van der Waals surface area contributed by atoms with Crippen LogP contribution in [0, 0.1) is 17.0 Å². The Bertz CT molecular complexity index is 810. The van der Waals surface area contributed by atoms with E-state index in [1.807, 2.05) is 0 Å². The molecule has 8 nitrogen and oxygen atoms in total. The van der Waals surface area contributed by atoms with Crippen LogP contribution in [0.2, 0.25) is 5.15 Å². The number of hydrogen-bond donors (Lipinski definition) is 1. The standard InChI is InChI=1S/C11H9ClN4O4S/c1-7-4-8(16(17)18)2-3-9(7)21(19,20)15-11-5-10(12)13-6-14-11/h2-6H,1H3,(H,13,14,15). The van der Waals surface area contributed by atoms with E-state index in [1.165, 1.54) is 25.1 Å². The highest BCUT2D eigenvalue weighted by Crippen LogP contribution is 2.23. The number of nitrogens with zero attached hydrogens (tertiary/aromatic N) is 3. The Hall–Kier alpha value is -2.26. The van der Waals surface area contributed by atoms with Crippen molar-refractivity contribution in [3.63, 3.8) is 0 Å². The van der Waals surface area contributed by atoms with Gasteiger partial charge in [-0.3, -0.25) is 14.8 Å². The second-order valence-corrected chi connectivity index (χ2v) is 6.08. The molecule has 0 aliphatic heterocycles. The number of aryl methyl sites for hydroxylation is 1. The van der Waals surface area contributed by atoms with Crippen molar-refractivity contribution in [2.75, 3.05) is 4.72 Å². The Balaban J connectivity index is 2.38. The van der Waals surface area contributed by atoms with E-state index in [2.05, 4.69) is 14.7 Å². The maximum atomic E-state index is 12.2. The van der Waals surface area contributed by atoms with Crippen LogP contribution in [0.4, 0.5) is 11.5 Å². The molecule has 0 aliphatic carbocycles. The molecule has 0 saturated heterocycles. The molecule has 21 heavy (non-hydrogen) atoms.